The Balaban J connectivity index is 2.22. The lowest BCUT2D eigenvalue weighted by Gasteiger charge is -2.18. The molecule has 0 N–H and O–H groups in total. The molecule has 13 heavy (non-hydrogen) atoms. The topological polar surface area (TPSA) is 29.5 Å². The Morgan fingerprint density at radius 2 is 2.08 bits per heavy atom. The normalized spacial score (nSPS) is 20.2. The van der Waals surface area contributed by atoms with Crippen molar-refractivity contribution in [3.05, 3.63) is 0 Å². The molecule has 0 aromatic rings. The molecule has 0 amide bonds. The summed E-state index contributed by atoms with van der Waals surface area (Å²) < 4.78 is 4.95. The van der Waals surface area contributed by atoms with E-state index in [0.29, 0.717) is 6.61 Å². The second-order valence-electron chi connectivity index (χ2n) is 3.66. The second-order valence-corrected chi connectivity index (χ2v) is 3.66. The molecule has 1 rings (SSSR count). The molecule has 0 radical (unpaired) electrons. The smallest absolute Gasteiger partial charge is 0.309 e. The van der Waals surface area contributed by atoms with Crippen molar-refractivity contribution in [3.8, 4) is 0 Å². The molecule has 0 aromatic heterocycles. The van der Waals surface area contributed by atoms with Crippen LogP contribution in [0.2, 0.25) is 0 Å². The van der Waals surface area contributed by atoms with Gasteiger partial charge in [-0.3, -0.25) is 4.79 Å². The van der Waals surface area contributed by atoms with Crippen molar-refractivity contribution in [2.45, 2.75) is 26.7 Å². The van der Waals surface area contributed by atoms with Crippen LogP contribution in [0.5, 0.6) is 0 Å². The molecule has 76 valence electrons. The molecule has 1 saturated heterocycles. The summed E-state index contributed by atoms with van der Waals surface area (Å²) in [5, 5.41) is 0. The molecule has 3 heteroatoms. The van der Waals surface area contributed by atoms with E-state index in [2.05, 4.69) is 4.90 Å². The summed E-state index contributed by atoms with van der Waals surface area (Å²) in [6.07, 6.45) is 2.55. The van der Waals surface area contributed by atoms with Gasteiger partial charge in [0.25, 0.3) is 0 Å². The van der Waals surface area contributed by atoms with Crippen LogP contribution in [0.3, 0.4) is 0 Å². The Kier molecular flexibility index (Phi) is 4.22. The Morgan fingerprint density at radius 3 is 2.62 bits per heavy atom. The number of likely N-dealkylation sites (tertiary alicyclic amines) is 1. The molecule has 1 fully saturated rings. The number of nitrogens with zero attached hydrogens (tertiary/aromatic N) is 1. The second kappa shape index (κ2) is 5.22. The van der Waals surface area contributed by atoms with E-state index in [1.807, 2.05) is 13.8 Å². The fraction of sp³-hybridized carbons (Fsp3) is 0.900. The molecule has 0 bridgehead atoms. The van der Waals surface area contributed by atoms with Crippen molar-refractivity contribution in [2.24, 2.45) is 5.92 Å². The number of rotatable bonds is 4. The third-order valence-corrected chi connectivity index (χ3v) is 2.42. The van der Waals surface area contributed by atoms with Crippen molar-refractivity contribution in [1.82, 2.24) is 4.90 Å². The van der Waals surface area contributed by atoms with Crippen LogP contribution in [-0.4, -0.2) is 37.1 Å². The first-order chi connectivity index (χ1) is 6.24. The van der Waals surface area contributed by atoms with Gasteiger partial charge in [0.15, 0.2) is 0 Å². The van der Waals surface area contributed by atoms with E-state index in [0.717, 1.165) is 19.6 Å². The minimum Gasteiger partial charge on any atom is -0.466 e. The summed E-state index contributed by atoms with van der Waals surface area (Å²) in [6.45, 7) is 7.42. The van der Waals surface area contributed by atoms with E-state index in [-0.39, 0.29) is 11.9 Å². The SMILES string of the molecule is CCOC(=O)[C@@H](C)CN1CCCC1. The van der Waals surface area contributed by atoms with Crippen LogP contribution in [-0.2, 0) is 9.53 Å². The number of carbonyl (C=O) groups is 1. The third kappa shape index (κ3) is 3.35. The summed E-state index contributed by atoms with van der Waals surface area (Å²) >= 11 is 0. The van der Waals surface area contributed by atoms with E-state index < -0.39 is 0 Å². The molecule has 0 aromatic carbocycles. The summed E-state index contributed by atoms with van der Waals surface area (Å²) in [7, 11) is 0. The van der Waals surface area contributed by atoms with E-state index >= 15 is 0 Å². The van der Waals surface area contributed by atoms with Gasteiger partial charge in [-0.05, 0) is 32.9 Å². The molecular weight excluding hydrogens is 166 g/mol. The third-order valence-electron chi connectivity index (χ3n) is 2.42. The summed E-state index contributed by atoms with van der Waals surface area (Å²) in [6, 6.07) is 0. The standard InChI is InChI=1S/C10H19NO2/c1-3-13-10(12)9(2)8-11-6-4-5-7-11/h9H,3-8H2,1-2H3/t9-/m0/s1. The maximum atomic E-state index is 11.3. The van der Waals surface area contributed by atoms with E-state index in [1.54, 1.807) is 0 Å². The van der Waals surface area contributed by atoms with E-state index in [4.69, 9.17) is 4.74 Å². The molecule has 0 aliphatic carbocycles. The Labute approximate surface area is 80.1 Å². The van der Waals surface area contributed by atoms with Crippen LogP contribution in [0.15, 0.2) is 0 Å². The molecule has 0 unspecified atom stereocenters. The number of hydrogen-bond donors (Lipinski definition) is 0. The number of esters is 1. The number of ether oxygens (including phenoxy) is 1. The van der Waals surface area contributed by atoms with Crippen LogP contribution in [0, 0.1) is 5.92 Å². The maximum absolute atomic E-state index is 11.3. The monoisotopic (exact) mass is 185 g/mol. The highest BCUT2D eigenvalue weighted by atomic mass is 16.5. The van der Waals surface area contributed by atoms with Gasteiger partial charge in [0.1, 0.15) is 0 Å². The minimum atomic E-state index is -0.0607. The van der Waals surface area contributed by atoms with E-state index in [9.17, 15) is 4.79 Å². The highest BCUT2D eigenvalue weighted by molar-refractivity contribution is 5.72. The average molecular weight is 185 g/mol. The van der Waals surface area contributed by atoms with Gasteiger partial charge in [-0.2, -0.15) is 0 Å². The number of carbonyl (C=O) groups excluding carboxylic acids is 1. The van der Waals surface area contributed by atoms with Gasteiger partial charge in [0.2, 0.25) is 0 Å². The zero-order valence-corrected chi connectivity index (χ0v) is 8.58. The lowest BCUT2D eigenvalue weighted by molar-refractivity contribution is -0.147. The minimum absolute atomic E-state index is 0.0260. The lowest BCUT2D eigenvalue weighted by Crippen LogP contribution is -2.30. The first-order valence-corrected chi connectivity index (χ1v) is 5.13. The van der Waals surface area contributed by atoms with Gasteiger partial charge >= 0.3 is 5.97 Å². The zero-order chi connectivity index (χ0) is 9.68. The Bertz CT molecular complexity index is 164. The Hall–Kier alpha value is -0.570. The van der Waals surface area contributed by atoms with Crippen molar-refractivity contribution in [3.63, 3.8) is 0 Å². The number of hydrogen-bond acceptors (Lipinski definition) is 3. The van der Waals surface area contributed by atoms with Crippen molar-refractivity contribution >= 4 is 5.97 Å². The average Bonchev–Trinajstić information content (AvgIpc) is 2.57. The first kappa shape index (κ1) is 10.5. The van der Waals surface area contributed by atoms with Gasteiger partial charge in [-0.1, -0.05) is 6.92 Å². The molecule has 0 spiro atoms. The van der Waals surface area contributed by atoms with Gasteiger partial charge in [-0.15, -0.1) is 0 Å². The predicted molar refractivity (Wildman–Crippen MR) is 51.5 cm³/mol. The van der Waals surface area contributed by atoms with Crippen molar-refractivity contribution < 1.29 is 9.53 Å². The van der Waals surface area contributed by atoms with Crippen LogP contribution in [0.1, 0.15) is 26.7 Å². The van der Waals surface area contributed by atoms with Crippen LogP contribution >= 0.6 is 0 Å². The highest BCUT2D eigenvalue weighted by Crippen LogP contribution is 2.10. The van der Waals surface area contributed by atoms with Gasteiger partial charge in [-0.25, -0.2) is 0 Å². The van der Waals surface area contributed by atoms with Crippen LogP contribution in [0.4, 0.5) is 0 Å². The molecule has 0 saturated carbocycles. The zero-order valence-electron chi connectivity index (χ0n) is 8.58. The van der Waals surface area contributed by atoms with Crippen molar-refractivity contribution in [2.75, 3.05) is 26.2 Å². The van der Waals surface area contributed by atoms with Crippen LogP contribution in [0.25, 0.3) is 0 Å². The molecule has 3 nitrogen and oxygen atoms in total. The molecular formula is C10H19NO2. The maximum Gasteiger partial charge on any atom is 0.309 e. The fourth-order valence-electron chi connectivity index (χ4n) is 1.71. The Morgan fingerprint density at radius 1 is 1.46 bits per heavy atom. The van der Waals surface area contributed by atoms with Gasteiger partial charge < -0.3 is 9.64 Å². The molecule has 1 aliphatic heterocycles. The summed E-state index contributed by atoms with van der Waals surface area (Å²) in [5.74, 6) is -0.0348. The van der Waals surface area contributed by atoms with Crippen molar-refractivity contribution in [1.29, 1.82) is 0 Å². The van der Waals surface area contributed by atoms with Crippen LogP contribution < -0.4 is 0 Å². The van der Waals surface area contributed by atoms with E-state index in [1.165, 1.54) is 12.8 Å². The highest BCUT2D eigenvalue weighted by Gasteiger charge is 2.19. The van der Waals surface area contributed by atoms with Gasteiger partial charge in [0, 0.05) is 6.54 Å². The summed E-state index contributed by atoms with van der Waals surface area (Å²) in [5.41, 5.74) is 0. The van der Waals surface area contributed by atoms with Gasteiger partial charge in [0.05, 0.1) is 12.5 Å². The summed E-state index contributed by atoms with van der Waals surface area (Å²) in [4.78, 5) is 13.6. The largest absolute Gasteiger partial charge is 0.466 e. The quantitative estimate of drug-likeness (QED) is 0.618. The fourth-order valence-corrected chi connectivity index (χ4v) is 1.71. The molecule has 1 heterocycles. The predicted octanol–water partition coefficient (Wildman–Crippen LogP) is 1.28. The lowest BCUT2D eigenvalue weighted by atomic mass is 10.2. The first-order valence-electron chi connectivity index (χ1n) is 5.13. The molecule has 1 aliphatic rings. The molecule has 1 atom stereocenters.